The van der Waals surface area contributed by atoms with Crippen LogP contribution in [0.1, 0.15) is 20.3 Å². The van der Waals surface area contributed by atoms with E-state index in [1.165, 1.54) is 0 Å². The molecule has 1 aliphatic rings. The summed E-state index contributed by atoms with van der Waals surface area (Å²) in [5, 5.41) is 3.38. The van der Waals surface area contributed by atoms with Gasteiger partial charge in [0.15, 0.2) is 0 Å². The van der Waals surface area contributed by atoms with E-state index < -0.39 is 0 Å². The van der Waals surface area contributed by atoms with Crippen LogP contribution in [0.5, 0.6) is 0 Å². The molecule has 64 valence electrons. The van der Waals surface area contributed by atoms with Crippen LogP contribution < -0.4 is 5.32 Å². The van der Waals surface area contributed by atoms with Crippen molar-refractivity contribution in [1.82, 2.24) is 5.32 Å². The molecule has 3 atom stereocenters. The van der Waals surface area contributed by atoms with Crippen molar-refractivity contribution in [2.24, 2.45) is 11.8 Å². The summed E-state index contributed by atoms with van der Waals surface area (Å²) in [5.74, 6) is 1.53. The molecule has 0 saturated heterocycles. The van der Waals surface area contributed by atoms with Gasteiger partial charge in [0.25, 0.3) is 0 Å². The molecule has 0 radical (unpaired) electrons. The molecular weight excluding hydrogens is 206 g/mol. The lowest BCUT2D eigenvalue weighted by Crippen LogP contribution is -2.50. The molecule has 0 aromatic rings. The van der Waals surface area contributed by atoms with Crippen LogP contribution in [-0.4, -0.2) is 17.3 Å². The van der Waals surface area contributed by atoms with E-state index in [4.69, 9.17) is 0 Å². The van der Waals surface area contributed by atoms with E-state index in [9.17, 15) is 4.79 Å². The Balaban J connectivity index is 2.25. The Bertz CT molecular complexity index is 160. The van der Waals surface area contributed by atoms with Gasteiger partial charge in [-0.05, 0) is 18.3 Å². The minimum Gasteiger partial charge on any atom is -0.352 e. The highest BCUT2D eigenvalue weighted by Gasteiger charge is 2.34. The normalized spacial score (nSPS) is 36.1. The average molecular weight is 220 g/mol. The minimum absolute atomic E-state index is 0.105. The summed E-state index contributed by atoms with van der Waals surface area (Å²) in [6.07, 6.45) is 1.14. The number of carbonyl (C=O) groups is 1. The van der Waals surface area contributed by atoms with Gasteiger partial charge in [-0.1, -0.05) is 29.8 Å². The van der Waals surface area contributed by atoms with Crippen LogP contribution >= 0.6 is 15.9 Å². The van der Waals surface area contributed by atoms with Crippen molar-refractivity contribution >= 4 is 21.8 Å². The fourth-order valence-electron chi connectivity index (χ4n) is 1.47. The van der Waals surface area contributed by atoms with Gasteiger partial charge in [0.2, 0.25) is 5.91 Å². The summed E-state index contributed by atoms with van der Waals surface area (Å²) in [7, 11) is 0. The molecule has 11 heavy (non-hydrogen) atoms. The van der Waals surface area contributed by atoms with E-state index >= 15 is 0 Å². The van der Waals surface area contributed by atoms with Crippen LogP contribution in [0.4, 0.5) is 0 Å². The summed E-state index contributed by atoms with van der Waals surface area (Å²) in [5.41, 5.74) is 0. The zero-order valence-corrected chi connectivity index (χ0v) is 8.52. The molecule has 0 bridgehead atoms. The Kier molecular flexibility index (Phi) is 2.93. The van der Waals surface area contributed by atoms with Crippen molar-refractivity contribution in [3.8, 4) is 0 Å². The third-order valence-corrected chi connectivity index (χ3v) is 3.14. The highest BCUT2D eigenvalue weighted by molar-refractivity contribution is 9.09. The topological polar surface area (TPSA) is 29.1 Å². The first-order chi connectivity index (χ1) is 5.15. The molecule has 1 aliphatic carbocycles. The lowest BCUT2D eigenvalue weighted by Gasteiger charge is -2.41. The van der Waals surface area contributed by atoms with Crippen molar-refractivity contribution < 1.29 is 4.79 Å². The van der Waals surface area contributed by atoms with E-state index in [1.54, 1.807) is 0 Å². The van der Waals surface area contributed by atoms with Gasteiger partial charge in [-0.2, -0.15) is 0 Å². The average Bonchev–Trinajstić information content (AvgIpc) is 2.03. The van der Waals surface area contributed by atoms with E-state index in [0.717, 1.165) is 12.3 Å². The Morgan fingerprint density at radius 2 is 2.27 bits per heavy atom. The van der Waals surface area contributed by atoms with Crippen LogP contribution in [0.15, 0.2) is 0 Å². The fraction of sp³-hybridized carbons (Fsp3) is 0.875. The first-order valence-electron chi connectivity index (χ1n) is 4.00. The van der Waals surface area contributed by atoms with Crippen LogP contribution in [0.25, 0.3) is 0 Å². The van der Waals surface area contributed by atoms with Crippen molar-refractivity contribution in [2.45, 2.75) is 26.3 Å². The maximum atomic E-state index is 10.9. The number of nitrogens with one attached hydrogen (secondary N) is 1. The molecule has 1 saturated carbocycles. The monoisotopic (exact) mass is 219 g/mol. The summed E-state index contributed by atoms with van der Waals surface area (Å²) < 4.78 is 0. The van der Waals surface area contributed by atoms with Gasteiger partial charge in [0.1, 0.15) is 0 Å². The second kappa shape index (κ2) is 3.57. The van der Waals surface area contributed by atoms with Gasteiger partial charge >= 0.3 is 0 Å². The zero-order chi connectivity index (χ0) is 8.43. The van der Waals surface area contributed by atoms with E-state index in [0.29, 0.717) is 17.3 Å². The number of rotatable bonds is 2. The molecule has 3 unspecified atom stereocenters. The SMILES string of the molecule is CC1CC(NC(=O)CBr)C1C. The third-order valence-electron chi connectivity index (χ3n) is 2.63. The molecule has 2 nitrogen and oxygen atoms in total. The largest absolute Gasteiger partial charge is 0.352 e. The number of hydrogen-bond acceptors (Lipinski definition) is 1. The first kappa shape index (κ1) is 9.04. The van der Waals surface area contributed by atoms with E-state index in [-0.39, 0.29) is 5.91 Å². The van der Waals surface area contributed by atoms with Gasteiger partial charge in [-0.15, -0.1) is 0 Å². The van der Waals surface area contributed by atoms with Gasteiger partial charge < -0.3 is 5.32 Å². The summed E-state index contributed by atoms with van der Waals surface area (Å²) in [6, 6.07) is 0.426. The predicted octanol–water partition coefficient (Wildman–Crippen LogP) is 1.54. The van der Waals surface area contributed by atoms with E-state index in [2.05, 4.69) is 35.1 Å². The molecule has 0 heterocycles. The second-order valence-corrected chi connectivity index (χ2v) is 3.94. The van der Waals surface area contributed by atoms with E-state index in [1.807, 2.05) is 0 Å². The molecule has 3 heteroatoms. The molecule has 0 aromatic heterocycles. The molecule has 1 amide bonds. The predicted molar refractivity (Wildman–Crippen MR) is 48.7 cm³/mol. The summed E-state index contributed by atoms with van der Waals surface area (Å²) >= 11 is 3.12. The zero-order valence-electron chi connectivity index (χ0n) is 6.93. The number of hydrogen-bond donors (Lipinski definition) is 1. The van der Waals surface area contributed by atoms with Crippen molar-refractivity contribution in [2.75, 3.05) is 5.33 Å². The Labute approximate surface area is 75.9 Å². The maximum absolute atomic E-state index is 10.9. The first-order valence-corrected chi connectivity index (χ1v) is 5.12. The highest BCUT2D eigenvalue weighted by atomic mass is 79.9. The van der Waals surface area contributed by atoms with Gasteiger partial charge in [0, 0.05) is 6.04 Å². The number of halogens is 1. The smallest absolute Gasteiger partial charge is 0.230 e. The fourth-order valence-corrected chi connectivity index (χ4v) is 1.63. The quantitative estimate of drug-likeness (QED) is 0.702. The molecule has 0 aromatic carbocycles. The Morgan fingerprint density at radius 3 is 2.64 bits per heavy atom. The van der Waals surface area contributed by atoms with Crippen molar-refractivity contribution in [1.29, 1.82) is 0 Å². The number of amides is 1. The third kappa shape index (κ3) is 1.95. The lowest BCUT2D eigenvalue weighted by atomic mass is 9.71. The number of carbonyl (C=O) groups excluding carboxylic acids is 1. The molecule has 1 N–H and O–H groups in total. The molecule has 0 spiro atoms. The molecular formula is C8H14BrNO. The van der Waals surface area contributed by atoms with Crippen molar-refractivity contribution in [3.05, 3.63) is 0 Å². The second-order valence-electron chi connectivity index (χ2n) is 3.38. The summed E-state index contributed by atoms with van der Waals surface area (Å²) in [4.78, 5) is 10.9. The van der Waals surface area contributed by atoms with Gasteiger partial charge in [-0.25, -0.2) is 0 Å². The molecule has 1 fully saturated rings. The minimum atomic E-state index is 0.105. The highest BCUT2D eigenvalue weighted by Crippen LogP contribution is 2.33. The Morgan fingerprint density at radius 1 is 1.64 bits per heavy atom. The van der Waals surface area contributed by atoms with Crippen molar-refractivity contribution in [3.63, 3.8) is 0 Å². The van der Waals surface area contributed by atoms with Crippen LogP contribution in [0.3, 0.4) is 0 Å². The Hall–Kier alpha value is -0.0500. The molecule has 0 aliphatic heterocycles. The standard InChI is InChI=1S/C8H14BrNO/c1-5-3-7(6(5)2)10-8(11)4-9/h5-7H,3-4H2,1-2H3,(H,10,11). The maximum Gasteiger partial charge on any atom is 0.230 e. The lowest BCUT2D eigenvalue weighted by molar-refractivity contribution is -0.120. The number of alkyl halides is 1. The summed E-state index contributed by atoms with van der Waals surface area (Å²) in [6.45, 7) is 4.41. The van der Waals surface area contributed by atoms with Gasteiger partial charge in [0.05, 0.1) is 5.33 Å². The van der Waals surface area contributed by atoms with Gasteiger partial charge in [-0.3, -0.25) is 4.79 Å². The molecule has 1 rings (SSSR count). The van der Waals surface area contributed by atoms with Crippen LogP contribution in [0, 0.1) is 11.8 Å². The van der Waals surface area contributed by atoms with Crippen LogP contribution in [-0.2, 0) is 4.79 Å². The van der Waals surface area contributed by atoms with Crippen LogP contribution in [0.2, 0.25) is 0 Å².